The van der Waals surface area contributed by atoms with Crippen molar-refractivity contribution in [1.29, 1.82) is 0 Å². The summed E-state index contributed by atoms with van der Waals surface area (Å²) < 4.78 is 5.29. The highest BCUT2D eigenvalue weighted by Crippen LogP contribution is 2.37. The highest BCUT2D eigenvalue weighted by atomic mass is 35.5. The van der Waals surface area contributed by atoms with Crippen LogP contribution in [0.2, 0.25) is 5.02 Å². The van der Waals surface area contributed by atoms with Crippen LogP contribution in [0.3, 0.4) is 0 Å². The van der Waals surface area contributed by atoms with Gasteiger partial charge in [0.05, 0.1) is 5.02 Å². The van der Waals surface area contributed by atoms with Gasteiger partial charge in [-0.25, -0.2) is 4.79 Å². The summed E-state index contributed by atoms with van der Waals surface area (Å²) in [4.78, 5) is 24.4. The molecule has 2 rings (SSSR count). The second-order valence-corrected chi connectivity index (χ2v) is 5.73. The first-order chi connectivity index (χ1) is 11.4. The number of esters is 1. The number of ketones is 1. The molecular formula is C18H17ClO5. The Morgan fingerprint density at radius 1 is 1.12 bits per heavy atom. The number of phenolic OH excluding ortho intramolecular Hbond substituents is 2. The first-order valence-corrected chi connectivity index (χ1v) is 7.75. The van der Waals surface area contributed by atoms with Crippen LogP contribution in [0, 0.1) is 0 Å². The van der Waals surface area contributed by atoms with E-state index < -0.39 is 23.6 Å². The molecule has 0 saturated heterocycles. The summed E-state index contributed by atoms with van der Waals surface area (Å²) in [7, 11) is 0. The Balaban J connectivity index is 2.53. The fraction of sp³-hybridized carbons (Fsp3) is 0.222. The number of aromatic hydroxyl groups is 2. The molecule has 0 amide bonds. The van der Waals surface area contributed by atoms with Gasteiger partial charge in [-0.3, -0.25) is 4.79 Å². The molecule has 0 bridgehead atoms. The zero-order valence-corrected chi connectivity index (χ0v) is 13.8. The lowest BCUT2D eigenvalue weighted by Gasteiger charge is -2.16. The highest BCUT2D eigenvalue weighted by Gasteiger charge is 2.25. The predicted molar refractivity (Wildman–Crippen MR) is 90.4 cm³/mol. The second kappa shape index (κ2) is 7.84. The molecule has 0 fully saturated rings. The molecule has 5 nitrogen and oxygen atoms in total. The van der Waals surface area contributed by atoms with Gasteiger partial charge in [0.2, 0.25) is 0 Å². The van der Waals surface area contributed by atoms with Crippen molar-refractivity contribution in [2.75, 3.05) is 0 Å². The van der Waals surface area contributed by atoms with Crippen LogP contribution in [-0.2, 0) is 16.0 Å². The molecule has 0 aromatic heterocycles. The van der Waals surface area contributed by atoms with E-state index in [0.29, 0.717) is 6.42 Å². The number of allylic oxidation sites excluding steroid dienone is 5. The third-order valence-electron chi connectivity index (χ3n) is 3.40. The summed E-state index contributed by atoms with van der Waals surface area (Å²) in [5.41, 5.74) is -0.166. The maximum Gasteiger partial charge on any atom is 0.342 e. The van der Waals surface area contributed by atoms with Crippen LogP contribution in [0.15, 0.2) is 42.5 Å². The fourth-order valence-corrected chi connectivity index (χ4v) is 2.46. The maximum atomic E-state index is 12.4. The average Bonchev–Trinajstić information content (AvgIpc) is 2.50. The summed E-state index contributed by atoms with van der Waals surface area (Å²) in [6, 6.07) is 0.958. The number of benzene rings is 1. The van der Waals surface area contributed by atoms with Crippen LogP contribution in [0.4, 0.5) is 0 Å². The number of carbonyl (C=O) groups is 2. The lowest BCUT2D eigenvalue weighted by atomic mass is 10.00. The lowest BCUT2D eigenvalue weighted by Crippen LogP contribution is -2.17. The Morgan fingerprint density at radius 2 is 1.83 bits per heavy atom. The molecule has 1 unspecified atom stereocenters. The summed E-state index contributed by atoms with van der Waals surface area (Å²) in [5, 5.41) is 19.6. The molecule has 0 spiro atoms. The van der Waals surface area contributed by atoms with E-state index in [1.807, 2.05) is 6.08 Å². The molecule has 6 heteroatoms. The number of fused-ring (bicyclic) bond motifs is 1. The summed E-state index contributed by atoms with van der Waals surface area (Å²) >= 11 is 6.03. The molecule has 0 aliphatic carbocycles. The van der Waals surface area contributed by atoms with E-state index in [1.165, 1.54) is 6.08 Å². The van der Waals surface area contributed by atoms with Crippen molar-refractivity contribution in [3.8, 4) is 11.5 Å². The van der Waals surface area contributed by atoms with E-state index in [4.69, 9.17) is 16.3 Å². The van der Waals surface area contributed by atoms with Gasteiger partial charge in [0, 0.05) is 24.5 Å². The molecular weight excluding hydrogens is 332 g/mol. The molecule has 0 saturated carbocycles. The number of phenols is 2. The molecule has 1 aromatic rings. The zero-order valence-electron chi connectivity index (χ0n) is 13.0. The van der Waals surface area contributed by atoms with Crippen LogP contribution in [0.25, 0.3) is 0 Å². The van der Waals surface area contributed by atoms with Gasteiger partial charge in [0.1, 0.15) is 23.2 Å². The van der Waals surface area contributed by atoms with E-state index in [-0.39, 0.29) is 28.4 Å². The SMILES string of the molecule is CC1C/C=C/C=C\C=C\C(=O)Cc2c(Cl)c(O)cc(O)c2C(=O)O1. The first-order valence-electron chi connectivity index (χ1n) is 7.37. The quantitative estimate of drug-likeness (QED) is 0.701. The van der Waals surface area contributed by atoms with E-state index >= 15 is 0 Å². The monoisotopic (exact) mass is 348 g/mol. The van der Waals surface area contributed by atoms with Crippen LogP contribution in [0.5, 0.6) is 11.5 Å². The van der Waals surface area contributed by atoms with Gasteiger partial charge in [0.15, 0.2) is 5.78 Å². The lowest BCUT2D eigenvalue weighted by molar-refractivity contribution is -0.114. The minimum Gasteiger partial charge on any atom is -0.507 e. The smallest absolute Gasteiger partial charge is 0.342 e. The molecule has 126 valence electrons. The molecule has 1 aliphatic heterocycles. The number of rotatable bonds is 0. The Bertz CT molecular complexity index is 746. The summed E-state index contributed by atoms with van der Waals surface area (Å²) in [6.45, 7) is 1.71. The minimum atomic E-state index is -0.797. The van der Waals surface area contributed by atoms with Crippen LogP contribution in [-0.4, -0.2) is 28.1 Å². The molecule has 24 heavy (non-hydrogen) atoms. The van der Waals surface area contributed by atoms with Gasteiger partial charge < -0.3 is 14.9 Å². The van der Waals surface area contributed by atoms with Gasteiger partial charge in [-0.05, 0) is 13.0 Å². The Kier molecular flexibility index (Phi) is 5.82. The van der Waals surface area contributed by atoms with Crippen molar-refractivity contribution in [2.45, 2.75) is 25.9 Å². The molecule has 1 atom stereocenters. The van der Waals surface area contributed by atoms with E-state index in [1.54, 1.807) is 31.2 Å². The minimum absolute atomic E-state index is 0.0394. The Labute approximate surface area is 144 Å². The Morgan fingerprint density at radius 3 is 2.58 bits per heavy atom. The third kappa shape index (κ3) is 4.26. The van der Waals surface area contributed by atoms with Crippen molar-refractivity contribution >= 4 is 23.4 Å². The van der Waals surface area contributed by atoms with Crippen molar-refractivity contribution < 1.29 is 24.5 Å². The topological polar surface area (TPSA) is 83.8 Å². The standard InChI is InChI=1S/C18H17ClO5/c1-11-7-5-3-2-4-6-8-12(20)9-13-16(18(23)24-11)14(21)10-15(22)17(13)19/h2-6,8,10-11,21-22H,7,9H2,1H3/b4-2-,5-3+,8-6+. The molecule has 1 aromatic carbocycles. The fourth-order valence-electron chi connectivity index (χ4n) is 2.24. The van der Waals surface area contributed by atoms with Gasteiger partial charge in [-0.2, -0.15) is 0 Å². The van der Waals surface area contributed by atoms with Gasteiger partial charge in [0.25, 0.3) is 0 Å². The number of hydrogen-bond donors (Lipinski definition) is 2. The van der Waals surface area contributed by atoms with Crippen molar-refractivity contribution in [3.63, 3.8) is 0 Å². The maximum absolute atomic E-state index is 12.4. The van der Waals surface area contributed by atoms with Crippen molar-refractivity contribution in [3.05, 3.63) is 58.7 Å². The summed E-state index contributed by atoms with van der Waals surface area (Å²) in [5.74, 6) is -2.03. The average molecular weight is 349 g/mol. The second-order valence-electron chi connectivity index (χ2n) is 5.35. The van der Waals surface area contributed by atoms with Crippen LogP contribution >= 0.6 is 11.6 Å². The number of cyclic esters (lactones) is 1. The molecule has 2 N–H and O–H groups in total. The predicted octanol–water partition coefficient (Wildman–Crippen LogP) is 3.48. The first kappa shape index (κ1) is 17.8. The largest absolute Gasteiger partial charge is 0.507 e. The Hall–Kier alpha value is -2.53. The van der Waals surface area contributed by atoms with E-state index in [2.05, 4.69) is 0 Å². The molecule has 1 heterocycles. The number of hydrogen-bond acceptors (Lipinski definition) is 5. The van der Waals surface area contributed by atoms with Crippen molar-refractivity contribution in [2.24, 2.45) is 0 Å². The zero-order chi connectivity index (χ0) is 17.7. The van der Waals surface area contributed by atoms with Crippen LogP contribution < -0.4 is 0 Å². The highest BCUT2D eigenvalue weighted by molar-refractivity contribution is 6.33. The number of ether oxygens (including phenoxy) is 1. The van der Waals surface area contributed by atoms with Gasteiger partial charge in [-0.1, -0.05) is 42.0 Å². The normalized spacial score (nSPS) is 22.8. The van der Waals surface area contributed by atoms with Crippen LogP contribution in [0.1, 0.15) is 29.3 Å². The van der Waals surface area contributed by atoms with Crippen molar-refractivity contribution in [1.82, 2.24) is 0 Å². The molecule has 1 aliphatic rings. The number of carbonyl (C=O) groups excluding carboxylic acids is 2. The number of halogens is 1. The van der Waals surface area contributed by atoms with Gasteiger partial charge >= 0.3 is 5.97 Å². The van der Waals surface area contributed by atoms with Gasteiger partial charge in [-0.15, -0.1) is 0 Å². The molecule has 0 radical (unpaired) electrons. The third-order valence-corrected chi connectivity index (χ3v) is 3.83. The van der Waals surface area contributed by atoms with E-state index in [0.717, 1.165) is 6.07 Å². The van der Waals surface area contributed by atoms with E-state index in [9.17, 15) is 19.8 Å². The summed E-state index contributed by atoms with van der Waals surface area (Å²) in [6.07, 6.45) is 9.74.